The van der Waals surface area contributed by atoms with Gasteiger partial charge in [-0.1, -0.05) is 40.9 Å². The number of halogens is 6. The van der Waals surface area contributed by atoms with Crippen LogP contribution >= 0.6 is 34.8 Å². The highest BCUT2D eigenvalue weighted by Crippen LogP contribution is 2.36. The molecule has 2 heterocycles. The second-order valence-corrected chi connectivity index (χ2v) is 10.6. The number of nitrogens with zero attached hydrogens (tertiary/aromatic N) is 2. The molecule has 0 bridgehead atoms. The highest BCUT2D eigenvalue weighted by Gasteiger charge is 2.35. The molecule has 0 spiro atoms. The Hall–Kier alpha value is -2.99. The van der Waals surface area contributed by atoms with Gasteiger partial charge in [-0.15, -0.1) is 0 Å². The number of aromatic nitrogens is 1. The van der Waals surface area contributed by atoms with Crippen molar-refractivity contribution in [2.45, 2.75) is 23.9 Å². The quantitative estimate of drug-likeness (QED) is 0.411. The highest BCUT2D eigenvalue weighted by atomic mass is 35.5. The molecular formula is C23H15Cl3F3N3O4S. The van der Waals surface area contributed by atoms with Crippen LogP contribution in [-0.2, 0) is 20.9 Å². The first-order valence-electron chi connectivity index (χ1n) is 10.4. The first-order valence-corrected chi connectivity index (χ1v) is 13.0. The number of nitrogens with one attached hydrogen (secondary N) is 1. The van der Waals surface area contributed by atoms with E-state index in [2.05, 4.69) is 9.71 Å². The number of carbonyl (C=O) groups excluding carboxylic acids is 1. The Morgan fingerprint density at radius 3 is 2.62 bits per heavy atom. The Morgan fingerprint density at radius 2 is 1.92 bits per heavy atom. The SMILES string of the molecule is O=C(c1ncc(Cl)cc1NS(=O)(=O)c1ccc(Cl)c(C(F)(F)F)c1)N1C=COC(C2=C(Cl)C=CCC2)=C1. The summed E-state index contributed by atoms with van der Waals surface area (Å²) in [6.07, 6.45) is 5.01. The van der Waals surface area contributed by atoms with Gasteiger partial charge in [0.25, 0.3) is 15.9 Å². The number of hydrogen-bond donors (Lipinski definition) is 1. The first-order chi connectivity index (χ1) is 17.4. The molecule has 2 aromatic rings. The first kappa shape index (κ1) is 27.1. The lowest BCUT2D eigenvalue weighted by molar-refractivity contribution is -0.137. The van der Waals surface area contributed by atoms with Crippen molar-refractivity contribution in [3.05, 3.63) is 98.9 Å². The van der Waals surface area contributed by atoms with Gasteiger partial charge in [0.1, 0.15) is 12.0 Å². The van der Waals surface area contributed by atoms with Gasteiger partial charge in [-0.3, -0.25) is 14.4 Å². The number of pyridine rings is 1. The van der Waals surface area contributed by atoms with E-state index in [-0.39, 0.29) is 16.4 Å². The number of hydrogen-bond acceptors (Lipinski definition) is 5. The average Bonchev–Trinajstić information content (AvgIpc) is 2.83. The molecule has 0 unspecified atom stereocenters. The molecule has 37 heavy (non-hydrogen) atoms. The lowest BCUT2D eigenvalue weighted by Gasteiger charge is -2.23. The molecule has 14 heteroatoms. The third kappa shape index (κ3) is 5.96. The maximum absolute atomic E-state index is 13.3. The van der Waals surface area contributed by atoms with E-state index in [4.69, 9.17) is 39.5 Å². The Labute approximate surface area is 224 Å². The third-order valence-electron chi connectivity index (χ3n) is 5.17. The highest BCUT2D eigenvalue weighted by molar-refractivity contribution is 7.92. The summed E-state index contributed by atoms with van der Waals surface area (Å²) in [5.74, 6) is -0.469. The van der Waals surface area contributed by atoms with Gasteiger partial charge >= 0.3 is 6.18 Å². The van der Waals surface area contributed by atoms with Crippen LogP contribution in [0, 0.1) is 0 Å². The molecule has 0 atom stereocenters. The van der Waals surface area contributed by atoms with Crippen LogP contribution in [0.5, 0.6) is 0 Å². The van der Waals surface area contributed by atoms with Gasteiger partial charge < -0.3 is 4.74 Å². The summed E-state index contributed by atoms with van der Waals surface area (Å²) in [6, 6.07) is 3.21. The maximum atomic E-state index is 13.3. The topological polar surface area (TPSA) is 88.6 Å². The lowest BCUT2D eigenvalue weighted by atomic mass is 10.0. The summed E-state index contributed by atoms with van der Waals surface area (Å²) in [5.41, 5.74) is -1.39. The largest absolute Gasteiger partial charge is 0.462 e. The number of rotatable bonds is 5. The van der Waals surface area contributed by atoms with Gasteiger partial charge in [-0.05, 0) is 43.2 Å². The van der Waals surface area contributed by atoms with Crippen LogP contribution in [0.15, 0.2) is 82.5 Å². The molecule has 194 valence electrons. The van der Waals surface area contributed by atoms with E-state index in [1.165, 1.54) is 18.7 Å². The zero-order valence-electron chi connectivity index (χ0n) is 18.4. The summed E-state index contributed by atoms with van der Waals surface area (Å²) in [4.78, 5) is 17.6. The minimum Gasteiger partial charge on any atom is -0.462 e. The Balaban J connectivity index is 1.68. The summed E-state index contributed by atoms with van der Waals surface area (Å²) < 4.78 is 73.3. The fourth-order valence-electron chi connectivity index (χ4n) is 3.42. The predicted molar refractivity (Wildman–Crippen MR) is 132 cm³/mol. The normalized spacial score (nSPS) is 15.9. The van der Waals surface area contributed by atoms with Gasteiger partial charge in [0, 0.05) is 23.0 Å². The average molecular weight is 593 g/mol. The maximum Gasteiger partial charge on any atom is 0.417 e. The molecule has 4 rings (SSSR count). The second-order valence-electron chi connectivity index (χ2n) is 7.67. The summed E-state index contributed by atoms with van der Waals surface area (Å²) in [5, 5.41) is -0.252. The van der Waals surface area contributed by atoms with E-state index in [1.807, 2.05) is 6.08 Å². The van der Waals surface area contributed by atoms with Crippen molar-refractivity contribution in [2.24, 2.45) is 0 Å². The van der Waals surface area contributed by atoms with Crippen molar-refractivity contribution < 1.29 is 31.1 Å². The predicted octanol–water partition coefficient (Wildman–Crippen LogP) is 6.84. The number of allylic oxidation sites excluding steroid dienone is 4. The Kier molecular flexibility index (Phi) is 7.61. The molecule has 0 saturated heterocycles. The number of ether oxygens (including phenoxy) is 1. The molecule has 7 nitrogen and oxygen atoms in total. The number of sulfonamides is 1. The molecule has 0 radical (unpaired) electrons. The summed E-state index contributed by atoms with van der Waals surface area (Å²) in [6.45, 7) is 0. The fourth-order valence-corrected chi connectivity index (χ4v) is 5.16. The lowest BCUT2D eigenvalue weighted by Crippen LogP contribution is -2.26. The minimum atomic E-state index is -4.89. The van der Waals surface area contributed by atoms with Crippen LogP contribution in [0.4, 0.5) is 18.9 Å². The van der Waals surface area contributed by atoms with Crippen LogP contribution in [0.25, 0.3) is 0 Å². The van der Waals surface area contributed by atoms with Crippen LogP contribution in [0.2, 0.25) is 10.0 Å². The summed E-state index contributed by atoms with van der Waals surface area (Å²) >= 11 is 17.8. The zero-order valence-corrected chi connectivity index (χ0v) is 21.5. The van der Waals surface area contributed by atoms with E-state index in [0.29, 0.717) is 28.9 Å². The molecule has 1 aliphatic carbocycles. The third-order valence-corrected chi connectivity index (χ3v) is 7.43. The van der Waals surface area contributed by atoms with Crippen molar-refractivity contribution in [1.82, 2.24) is 9.88 Å². The number of benzene rings is 1. The molecule has 1 N–H and O–H groups in total. The fraction of sp³-hybridized carbons (Fsp3) is 0.130. The molecule has 1 aromatic carbocycles. The number of carbonyl (C=O) groups is 1. The van der Waals surface area contributed by atoms with Gasteiger partial charge in [0.05, 0.1) is 32.4 Å². The van der Waals surface area contributed by atoms with Gasteiger partial charge in [-0.25, -0.2) is 13.4 Å². The van der Waals surface area contributed by atoms with E-state index in [9.17, 15) is 26.4 Å². The van der Waals surface area contributed by atoms with Crippen LogP contribution < -0.4 is 4.72 Å². The number of amides is 1. The molecule has 1 amide bonds. The van der Waals surface area contributed by atoms with E-state index in [1.54, 1.807) is 6.08 Å². The smallest absolute Gasteiger partial charge is 0.417 e. The number of alkyl halides is 3. The van der Waals surface area contributed by atoms with Crippen molar-refractivity contribution in [3.8, 4) is 0 Å². The van der Waals surface area contributed by atoms with Crippen molar-refractivity contribution in [1.29, 1.82) is 0 Å². The van der Waals surface area contributed by atoms with E-state index >= 15 is 0 Å². The standard InChI is InChI=1S/C23H15Cl3F3N3O4S/c24-13-9-19(31-37(34,35)14-5-6-18(26)16(10-14)23(27,28)29)21(30-11-13)22(33)32-7-8-36-20(12-32)15-3-1-2-4-17(15)25/h2,4-12,31H,1,3H2. The zero-order chi connectivity index (χ0) is 27.0. The van der Waals surface area contributed by atoms with Gasteiger partial charge in [-0.2, -0.15) is 13.2 Å². The molecule has 0 saturated carbocycles. The molecule has 1 aliphatic heterocycles. The second kappa shape index (κ2) is 10.4. The van der Waals surface area contributed by atoms with Crippen LogP contribution in [-0.4, -0.2) is 24.2 Å². The van der Waals surface area contributed by atoms with E-state index < -0.39 is 37.6 Å². The van der Waals surface area contributed by atoms with Gasteiger partial charge in [0.2, 0.25) is 0 Å². The summed E-state index contributed by atoms with van der Waals surface area (Å²) in [7, 11) is -4.62. The Bertz CT molecular complexity index is 1500. The molecule has 2 aliphatic rings. The van der Waals surface area contributed by atoms with Crippen molar-refractivity contribution in [3.63, 3.8) is 0 Å². The van der Waals surface area contributed by atoms with Crippen molar-refractivity contribution >= 4 is 56.4 Å². The minimum absolute atomic E-state index is 0.0268. The molecule has 0 fully saturated rings. The van der Waals surface area contributed by atoms with Crippen molar-refractivity contribution in [2.75, 3.05) is 4.72 Å². The molecule has 1 aromatic heterocycles. The molecular weight excluding hydrogens is 578 g/mol. The Morgan fingerprint density at radius 1 is 1.16 bits per heavy atom. The number of anilines is 1. The van der Waals surface area contributed by atoms with Crippen LogP contribution in [0.1, 0.15) is 28.9 Å². The monoisotopic (exact) mass is 591 g/mol. The van der Waals surface area contributed by atoms with E-state index in [0.717, 1.165) is 35.7 Å². The van der Waals surface area contributed by atoms with Crippen LogP contribution in [0.3, 0.4) is 0 Å². The van der Waals surface area contributed by atoms with Gasteiger partial charge in [0.15, 0.2) is 5.69 Å².